The summed E-state index contributed by atoms with van der Waals surface area (Å²) in [6, 6.07) is 5.60. The summed E-state index contributed by atoms with van der Waals surface area (Å²) in [6.07, 6.45) is 21.9. The van der Waals surface area contributed by atoms with Crippen molar-refractivity contribution >= 4 is 11.8 Å². The molecule has 4 aliphatic rings. The fraction of sp³-hybridized carbons (Fsp3) is 0.755. The zero-order valence-electron chi connectivity index (χ0n) is 37.5. The smallest absolute Gasteiger partial charge is 0.410 e. The standard InChI is InChI=1S/C49H79N3O8/c1-5-9-10-11-12-13-14-15-16-21-33-57-48(55)52(26-6-2)45-37-43(50-59-8-4)41-35-38(22-17-19-30-53)40(23-18-20-31-54)46-42-36-39(56-34-29-51-27-28-51)24-25-44(42)60-49(45,47(41)46)58-32-7-3/h7,24-25,35-36,38,40,45-47,53-54H,3,5-6,8-23,26-34,37H2,1-2,4H3/t38-,40+,45-,46+,47+,49+/m0/s1. The molecule has 2 fully saturated rings. The molecule has 11 nitrogen and oxygen atoms in total. The van der Waals surface area contributed by atoms with Crippen LogP contribution in [-0.4, -0.2) is 109 Å². The normalized spacial score (nSPS) is 24.9. The van der Waals surface area contributed by atoms with Crippen molar-refractivity contribution < 1.29 is 38.8 Å². The van der Waals surface area contributed by atoms with Crippen LogP contribution < -0.4 is 9.47 Å². The van der Waals surface area contributed by atoms with Crippen LogP contribution in [0.1, 0.15) is 148 Å². The molecule has 6 atom stereocenters. The van der Waals surface area contributed by atoms with Gasteiger partial charge in [-0.15, -0.1) is 6.58 Å². The summed E-state index contributed by atoms with van der Waals surface area (Å²) in [6.45, 7) is 15.8. The van der Waals surface area contributed by atoms with E-state index in [1.54, 1.807) is 6.08 Å². The van der Waals surface area contributed by atoms with Gasteiger partial charge in [0.2, 0.25) is 5.79 Å². The lowest BCUT2D eigenvalue weighted by Crippen LogP contribution is -2.70. The van der Waals surface area contributed by atoms with Crippen molar-refractivity contribution in [1.82, 2.24) is 9.80 Å². The fourth-order valence-electron chi connectivity index (χ4n) is 9.91. The Kier molecular flexibility index (Phi) is 20.5. The van der Waals surface area contributed by atoms with Crippen molar-refractivity contribution in [3.05, 3.63) is 48.1 Å². The van der Waals surface area contributed by atoms with Crippen molar-refractivity contribution in [2.24, 2.45) is 22.9 Å². The van der Waals surface area contributed by atoms with Gasteiger partial charge < -0.3 is 34.0 Å². The number of nitrogens with zero attached hydrogens (tertiary/aromatic N) is 3. The highest BCUT2D eigenvalue weighted by Gasteiger charge is 2.65. The minimum absolute atomic E-state index is 0.0899. The summed E-state index contributed by atoms with van der Waals surface area (Å²) in [5, 5.41) is 24.6. The van der Waals surface area contributed by atoms with Crippen LogP contribution in [0, 0.1) is 17.8 Å². The van der Waals surface area contributed by atoms with E-state index in [4.69, 9.17) is 28.9 Å². The number of oxime groups is 1. The van der Waals surface area contributed by atoms with E-state index in [1.807, 2.05) is 24.0 Å². The second kappa shape index (κ2) is 25.7. The highest BCUT2D eigenvalue weighted by Crippen LogP contribution is 2.62. The number of carbonyl (C=O) groups excluding carboxylic acids is 1. The van der Waals surface area contributed by atoms with Crippen LogP contribution in [0.25, 0.3) is 0 Å². The Hall–Kier alpha value is -3.12. The maximum absolute atomic E-state index is 14.5. The first-order chi connectivity index (χ1) is 29.5. The van der Waals surface area contributed by atoms with Gasteiger partial charge in [0.25, 0.3) is 0 Å². The van der Waals surface area contributed by atoms with Gasteiger partial charge in [0, 0.05) is 57.3 Å². The molecule has 11 heteroatoms. The minimum Gasteiger partial charge on any atom is -0.492 e. The number of aliphatic hydroxyl groups excluding tert-OH is 2. The Bertz CT molecular complexity index is 1500. The minimum atomic E-state index is -1.29. The third-order valence-corrected chi connectivity index (χ3v) is 13.0. The number of unbranched alkanes of at least 4 members (excludes halogenated alkanes) is 11. The molecule has 0 unspecified atom stereocenters. The predicted octanol–water partition coefficient (Wildman–Crippen LogP) is 9.80. The Morgan fingerprint density at radius 1 is 0.933 bits per heavy atom. The van der Waals surface area contributed by atoms with E-state index in [9.17, 15) is 15.0 Å². The average molecular weight is 838 g/mol. The van der Waals surface area contributed by atoms with Gasteiger partial charge in [-0.05, 0) is 81.1 Å². The molecular weight excluding hydrogens is 759 g/mol. The second-order valence-corrected chi connectivity index (χ2v) is 17.4. The van der Waals surface area contributed by atoms with Crippen LogP contribution in [-0.2, 0) is 14.3 Å². The van der Waals surface area contributed by atoms with E-state index in [0.717, 1.165) is 106 Å². The number of rotatable bonds is 31. The number of hydrogen-bond donors (Lipinski definition) is 2. The van der Waals surface area contributed by atoms with E-state index in [0.29, 0.717) is 39.2 Å². The molecule has 60 heavy (non-hydrogen) atoms. The van der Waals surface area contributed by atoms with Gasteiger partial charge in [-0.2, -0.15) is 0 Å². The van der Waals surface area contributed by atoms with Crippen LogP contribution in [0.15, 0.2) is 47.7 Å². The highest BCUT2D eigenvalue weighted by atomic mass is 16.7. The van der Waals surface area contributed by atoms with E-state index in [2.05, 4.69) is 37.5 Å². The maximum Gasteiger partial charge on any atom is 0.410 e. The summed E-state index contributed by atoms with van der Waals surface area (Å²) in [5.74, 6) is 0.127. The molecule has 0 aromatic heterocycles. The molecule has 1 saturated heterocycles. The molecule has 0 spiro atoms. The molecule has 2 aliphatic carbocycles. The Labute approximate surface area is 361 Å². The molecule has 5 rings (SSSR count). The summed E-state index contributed by atoms with van der Waals surface area (Å²) in [4.78, 5) is 24.5. The largest absolute Gasteiger partial charge is 0.492 e. The van der Waals surface area contributed by atoms with Crippen molar-refractivity contribution in [2.45, 2.75) is 154 Å². The number of hydrogen-bond acceptors (Lipinski definition) is 10. The lowest BCUT2D eigenvalue weighted by Gasteiger charge is -2.59. The number of fused-ring (bicyclic) bond motifs is 2. The lowest BCUT2D eigenvalue weighted by atomic mass is 9.55. The van der Waals surface area contributed by atoms with Crippen LogP contribution in [0.2, 0.25) is 0 Å². The molecule has 2 aliphatic heterocycles. The monoisotopic (exact) mass is 838 g/mol. The lowest BCUT2D eigenvalue weighted by molar-refractivity contribution is -0.255. The molecule has 0 bridgehead atoms. The van der Waals surface area contributed by atoms with E-state index in [-0.39, 0.29) is 49.6 Å². The van der Waals surface area contributed by atoms with Crippen LogP contribution in [0.4, 0.5) is 4.79 Å². The molecule has 2 heterocycles. The zero-order valence-corrected chi connectivity index (χ0v) is 37.5. The topological polar surface area (TPSA) is 122 Å². The van der Waals surface area contributed by atoms with Gasteiger partial charge in [-0.1, -0.05) is 102 Å². The van der Waals surface area contributed by atoms with Crippen LogP contribution >= 0.6 is 0 Å². The number of benzene rings is 1. The van der Waals surface area contributed by atoms with Gasteiger partial charge in [0.05, 0.1) is 24.8 Å². The number of ether oxygens (including phenoxy) is 4. The van der Waals surface area contributed by atoms with Crippen LogP contribution in [0.5, 0.6) is 11.5 Å². The Morgan fingerprint density at radius 2 is 1.65 bits per heavy atom. The third kappa shape index (κ3) is 13.0. The Balaban J connectivity index is 1.52. The van der Waals surface area contributed by atoms with Crippen molar-refractivity contribution in [3.63, 3.8) is 0 Å². The van der Waals surface area contributed by atoms with E-state index >= 15 is 0 Å². The van der Waals surface area contributed by atoms with Gasteiger partial charge in [-0.25, -0.2) is 4.79 Å². The quantitative estimate of drug-likeness (QED) is 0.0326. The van der Waals surface area contributed by atoms with Crippen molar-refractivity contribution in [3.8, 4) is 11.5 Å². The van der Waals surface area contributed by atoms with Crippen molar-refractivity contribution in [2.75, 3.05) is 65.8 Å². The van der Waals surface area contributed by atoms with E-state index < -0.39 is 11.8 Å². The molecule has 1 saturated carbocycles. The molecule has 1 amide bonds. The molecule has 0 radical (unpaired) electrons. The molecule has 1 aromatic carbocycles. The molecular formula is C49H79N3O8. The van der Waals surface area contributed by atoms with Gasteiger partial charge in [0.1, 0.15) is 30.8 Å². The van der Waals surface area contributed by atoms with Crippen molar-refractivity contribution in [1.29, 1.82) is 0 Å². The number of carbonyl (C=O) groups is 1. The first-order valence-corrected chi connectivity index (χ1v) is 23.9. The first-order valence-electron chi connectivity index (χ1n) is 23.9. The summed E-state index contributed by atoms with van der Waals surface area (Å²) in [7, 11) is 0. The van der Waals surface area contributed by atoms with Gasteiger partial charge in [0.15, 0.2) is 0 Å². The van der Waals surface area contributed by atoms with Gasteiger partial charge >= 0.3 is 6.09 Å². The first kappa shape index (κ1) is 47.9. The highest BCUT2D eigenvalue weighted by molar-refractivity contribution is 6.03. The third-order valence-electron chi connectivity index (χ3n) is 13.0. The number of amides is 1. The average Bonchev–Trinajstić information content (AvgIpc) is 4.09. The second-order valence-electron chi connectivity index (χ2n) is 17.4. The zero-order chi connectivity index (χ0) is 42.6. The molecule has 338 valence electrons. The number of allylic oxidation sites excluding steroid dienone is 1. The summed E-state index contributed by atoms with van der Waals surface area (Å²) >= 11 is 0. The molecule has 1 aromatic rings. The predicted molar refractivity (Wildman–Crippen MR) is 239 cm³/mol. The molecule has 2 N–H and O–H groups in total. The SMILES string of the molecule is C=CCO[C@@]12Oc3ccc(OCCN4CC4)cc3[C@H]3[C@H](CCCCO)[C@@H](CCCCO)C=C(C(=NOCC)C[C@@H]1N(CCC)C(=O)OCCCCCCCCCCCC)[C@H]32. The maximum atomic E-state index is 14.5. The van der Waals surface area contributed by atoms with Gasteiger partial charge in [-0.3, -0.25) is 9.80 Å². The summed E-state index contributed by atoms with van der Waals surface area (Å²) in [5.41, 5.74) is 2.91. The Morgan fingerprint density at radius 3 is 2.32 bits per heavy atom. The summed E-state index contributed by atoms with van der Waals surface area (Å²) < 4.78 is 26.9. The van der Waals surface area contributed by atoms with E-state index in [1.165, 1.54) is 44.9 Å². The number of aliphatic hydroxyl groups is 2. The van der Waals surface area contributed by atoms with Crippen LogP contribution in [0.3, 0.4) is 0 Å². The fourth-order valence-corrected chi connectivity index (χ4v) is 9.91.